The van der Waals surface area contributed by atoms with Crippen molar-refractivity contribution >= 4 is 29.9 Å². The molecule has 6 nitrogen and oxygen atoms in total. The highest BCUT2D eigenvalue weighted by atomic mass is 127. The Labute approximate surface area is 161 Å². The molecule has 0 aliphatic carbocycles. The van der Waals surface area contributed by atoms with Crippen LogP contribution in [0.4, 0.5) is 0 Å². The molecule has 2 saturated heterocycles. The Morgan fingerprint density at radius 1 is 1.50 bits per heavy atom. The zero-order valence-electron chi connectivity index (χ0n) is 14.5. The molecule has 1 aromatic rings. The number of aromatic nitrogens is 1. The number of nitrogens with one attached hydrogen (secondary N) is 1. The second-order valence-corrected chi connectivity index (χ2v) is 6.31. The van der Waals surface area contributed by atoms with E-state index in [0.29, 0.717) is 17.9 Å². The van der Waals surface area contributed by atoms with Crippen LogP contribution in [0, 0.1) is 5.41 Å². The Morgan fingerprint density at radius 3 is 3.08 bits per heavy atom. The molecule has 1 spiro atoms. The molecule has 0 bridgehead atoms. The standard InChI is InChI=1S/C17H26N4O2.HI/c1-3-23-15-10-14(4-7-19-15)11-20-16(18-2)21-8-5-17(12-21)6-9-22-13-17;/h4,7,10H,3,5-6,8-9,11-13H2,1-2H3,(H,18,20);1H. The van der Waals surface area contributed by atoms with Crippen molar-refractivity contribution in [3.63, 3.8) is 0 Å². The van der Waals surface area contributed by atoms with Crippen LogP contribution in [0.15, 0.2) is 23.3 Å². The van der Waals surface area contributed by atoms with Gasteiger partial charge >= 0.3 is 0 Å². The predicted molar refractivity (Wildman–Crippen MR) is 105 cm³/mol. The predicted octanol–water partition coefficient (Wildman–Crippen LogP) is 2.29. The van der Waals surface area contributed by atoms with E-state index in [2.05, 4.69) is 20.2 Å². The largest absolute Gasteiger partial charge is 0.478 e. The van der Waals surface area contributed by atoms with E-state index < -0.39 is 0 Å². The molecule has 0 saturated carbocycles. The van der Waals surface area contributed by atoms with E-state index in [0.717, 1.165) is 44.4 Å². The number of guanidine groups is 1. The Kier molecular flexibility index (Phi) is 7.09. The van der Waals surface area contributed by atoms with Crippen molar-refractivity contribution in [1.29, 1.82) is 0 Å². The second-order valence-electron chi connectivity index (χ2n) is 6.31. The van der Waals surface area contributed by atoms with E-state index >= 15 is 0 Å². The fraction of sp³-hybridized carbons (Fsp3) is 0.647. The molecule has 0 radical (unpaired) electrons. The summed E-state index contributed by atoms with van der Waals surface area (Å²) in [5, 5.41) is 3.46. The number of ether oxygens (including phenoxy) is 2. The molecule has 1 aromatic heterocycles. The van der Waals surface area contributed by atoms with Crippen LogP contribution >= 0.6 is 24.0 Å². The zero-order valence-corrected chi connectivity index (χ0v) is 16.8. The quantitative estimate of drug-likeness (QED) is 0.437. The van der Waals surface area contributed by atoms with Crippen molar-refractivity contribution in [1.82, 2.24) is 15.2 Å². The van der Waals surface area contributed by atoms with Crippen molar-refractivity contribution in [3.8, 4) is 5.88 Å². The number of aliphatic imine (C=N–C) groups is 1. The lowest BCUT2D eigenvalue weighted by atomic mass is 9.87. The van der Waals surface area contributed by atoms with Crippen molar-refractivity contribution in [3.05, 3.63) is 23.9 Å². The fourth-order valence-electron chi connectivity index (χ4n) is 3.39. The van der Waals surface area contributed by atoms with Gasteiger partial charge in [0.15, 0.2) is 5.96 Å². The van der Waals surface area contributed by atoms with Gasteiger partial charge in [-0.25, -0.2) is 4.98 Å². The number of hydrogen-bond acceptors (Lipinski definition) is 4. The van der Waals surface area contributed by atoms with Crippen LogP contribution < -0.4 is 10.1 Å². The summed E-state index contributed by atoms with van der Waals surface area (Å²) < 4.78 is 11.1. The average Bonchev–Trinajstić information content (AvgIpc) is 3.19. The molecule has 2 aliphatic heterocycles. The number of rotatable bonds is 4. The lowest BCUT2D eigenvalue weighted by Crippen LogP contribution is -2.41. The number of pyridine rings is 1. The molecule has 3 rings (SSSR count). The van der Waals surface area contributed by atoms with Gasteiger partial charge in [0.2, 0.25) is 5.88 Å². The van der Waals surface area contributed by atoms with Crippen LogP contribution in [0.5, 0.6) is 5.88 Å². The van der Waals surface area contributed by atoms with Crippen molar-refractivity contribution in [2.45, 2.75) is 26.3 Å². The van der Waals surface area contributed by atoms with E-state index in [1.54, 1.807) is 6.20 Å². The van der Waals surface area contributed by atoms with Gasteiger partial charge < -0.3 is 19.7 Å². The molecule has 0 amide bonds. The second kappa shape index (κ2) is 8.84. The lowest BCUT2D eigenvalue weighted by Gasteiger charge is -2.25. The maximum absolute atomic E-state index is 5.60. The number of likely N-dealkylation sites (tertiary alicyclic amines) is 1. The third-order valence-corrected chi connectivity index (χ3v) is 4.68. The van der Waals surface area contributed by atoms with Gasteiger partial charge in [-0.05, 0) is 31.4 Å². The summed E-state index contributed by atoms with van der Waals surface area (Å²) in [6.45, 7) is 7.18. The topological polar surface area (TPSA) is 59.0 Å². The minimum Gasteiger partial charge on any atom is -0.478 e. The Bertz CT molecular complexity index is 561. The summed E-state index contributed by atoms with van der Waals surface area (Å²) in [6, 6.07) is 3.97. The first-order valence-corrected chi connectivity index (χ1v) is 8.36. The number of halogens is 1. The van der Waals surface area contributed by atoms with E-state index in [4.69, 9.17) is 9.47 Å². The van der Waals surface area contributed by atoms with Gasteiger partial charge in [0.1, 0.15) is 0 Å². The molecule has 24 heavy (non-hydrogen) atoms. The van der Waals surface area contributed by atoms with E-state index in [-0.39, 0.29) is 24.0 Å². The van der Waals surface area contributed by atoms with Gasteiger partial charge in [0.25, 0.3) is 0 Å². The molecular formula is C17H27IN4O2. The molecule has 134 valence electrons. The van der Waals surface area contributed by atoms with E-state index in [1.165, 1.54) is 12.8 Å². The monoisotopic (exact) mass is 446 g/mol. The van der Waals surface area contributed by atoms with E-state index in [1.807, 2.05) is 26.1 Å². The maximum Gasteiger partial charge on any atom is 0.213 e. The minimum absolute atomic E-state index is 0. The Morgan fingerprint density at radius 2 is 2.38 bits per heavy atom. The van der Waals surface area contributed by atoms with Gasteiger partial charge in [0, 0.05) is 51.0 Å². The average molecular weight is 446 g/mol. The molecule has 7 heteroatoms. The Hall–Kier alpha value is -1.09. The molecule has 3 heterocycles. The minimum atomic E-state index is 0. The Balaban J connectivity index is 0.00000208. The summed E-state index contributed by atoms with van der Waals surface area (Å²) in [5.74, 6) is 1.63. The summed E-state index contributed by atoms with van der Waals surface area (Å²) >= 11 is 0. The van der Waals surface area contributed by atoms with Gasteiger partial charge in [-0.1, -0.05) is 0 Å². The van der Waals surface area contributed by atoms with Crippen molar-refractivity contribution < 1.29 is 9.47 Å². The summed E-state index contributed by atoms with van der Waals surface area (Å²) in [6.07, 6.45) is 4.14. The summed E-state index contributed by atoms with van der Waals surface area (Å²) in [7, 11) is 1.84. The third-order valence-electron chi connectivity index (χ3n) is 4.68. The van der Waals surface area contributed by atoms with Gasteiger partial charge in [-0.15, -0.1) is 24.0 Å². The zero-order chi connectivity index (χ0) is 16.1. The molecule has 2 aliphatic rings. The van der Waals surface area contributed by atoms with E-state index in [9.17, 15) is 0 Å². The van der Waals surface area contributed by atoms with Crippen LogP contribution in [-0.2, 0) is 11.3 Å². The molecule has 1 N–H and O–H groups in total. The lowest BCUT2D eigenvalue weighted by molar-refractivity contribution is 0.156. The highest BCUT2D eigenvalue weighted by Gasteiger charge is 2.42. The SMILES string of the molecule is CCOc1cc(CNC(=NC)N2CCC3(CCOC3)C2)ccn1.I. The van der Waals surface area contributed by atoms with Crippen LogP contribution in [-0.4, -0.2) is 55.8 Å². The summed E-state index contributed by atoms with van der Waals surface area (Å²) in [5.41, 5.74) is 1.49. The van der Waals surface area contributed by atoms with Crippen LogP contribution in [0.1, 0.15) is 25.3 Å². The van der Waals surface area contributed by atoms with Crippen LogP contribution in [0.3, 0.4) is 0 Å². The number of nitrogens with zero attached hydrogens (tertiary/aromatic N) is 3. The molecule has 0 aromatic carbocycles. The maximum atomic E-state index is 5.60. The summed E-state index contributed by atoms with van der Waals surface area (Å²) in [4.78, 5) is 11.0. The third kappa shape index (κ3) is 4.50. The molecule has 2 fully saturated rings. The van der Waals surface area contributed by atoms with Gasteiger partial charge in [-0.2, -0.15) is 0 Å². The highest BCUT2D eigenvalue weighted by molar-refractivity contribution is 14.0. The van der Waals surface area contributed by atoms with Crippen molar-refractivity contribution in [2.24, 2.45) is 10.4 Å². The van der Waals surface area contributed by atoms with Crippen LogP contribution in [0.2, 0.25) is 0 Å². The van der Waals surface area contributed by atoms with Gasteiger partial charge in [-0.3, -0.25) is 4.99 Å². The van der Waals surface area contributed by atoms with Gasteiger partial charge in [0.05, 0.1) is 13.2 Å². The first-order chi connectivity index (χ1) is 11.2. The van der Waals surface area contributed by atoms with Crippen molar-refractivity contribution in [2.75, 3.05) is 40.0 Å². The first-order valence-electron chi connectivity index (χ1n) is 8.36. The number of hydrogen-bond donors (Lipinski definition) is 1. The molecular weight excluding hydrogens is 419 g/mol. The molecule has 1 atom stereocenters. The molecule has 1 unspecified atom stereocenters. The fourth-order valence-corrected chi connectivity index (χ4v) is 3.39. The normalized spacial score (nSPS) is 23.4. The van der Waals surface area contributed by atoms with Crippen LogP contribution in [0.25, 0.3) is 0 Å². The first kappa shape index (κ1) is 19.2. The highest BCUT2D eigenvalue weighted by Crippen LogP contribution is 2.38. The smallest absolute Gasteiger partial charge is 0.213 e.